The first-order valence-corrected chi connectivity index (χ1v) is 10.5. The molecule has 2 aliphatic heterocycles. The molecule has 8 nitrogen and oxygen atoms in total. The number of hydrogen-bond acceptors (Lipinski definition) is 8. The Kier molecular flexibility index (Phi) is 4.81. The summed E-state index contributed by atoms with van der Waals surface area (Å²) in [7, 11) is 3.98. The van der Waals surface area contributed by atoms with E-state index in [9.17, 15) is 5.11 Å². The fourth-order valence-electron chi connectivity index (χ4n) is 4.71. The Bertz CT molecular complexity index is 937. The van der Waals surface area contributed by atoms with Crippen molar-refractivity contribution in [2.75, 3.05) is 43.8 Å². The highest BCUT2D eigenvalue weighted by Crippen LogP contribution is 2.41. The Morgan fingerprint density at radius 2 is 1.83 bits per heavy atom. The lowest BCUT2D eigenvalue weighted by Crippen LogP contribution is -2.42. The van der Waals surface area contributed by atoms with Gasteiger partial charge >= 0.3 is 0 Å². The topological polar surface area (TPSA) is 80.2 Å². The maximum Gasteiger partial charge on any atom is 0.231 e. The normalized spacial score (nSPS) is 27.1. The lowest BCUT2D eigenvalue weighted by molar-refractivity contribution is -0.0232. The van der Waals surface area contributed by atoms with Gasteiger partial charge in [-0.05, 0) is 43.7 Å². The molecule has 3 aliphatic rings. The van der Waals surface area contributed by atoms with E-state index in [1.807, 2.05) is 50.2 Å². The zero-order chi connectivity index (χ0) is 20.8. The van der Waals surface area contributed by atoms with Gasteiger partial charge in [-0.1, -0.05) is 0 Å². The van der Waals surface area contributed by atoms with E-state index in [0.717, 1.165) is 49.1 Å². The Morgan fingerprint density at radius 1 is 1.07 bits per heavy atom. The van der Waals surface area contributed by atoms with Crippen LogP contribution >= 0.6 is 0 Å². The van der Waals surface area contributed by atoms with Crippen molar-refractivity contribution >= 4 is 11.8 Å². The van der Waals surface area contributed by atoms with Crippen LogP contribution < -0.4 is 24.0 Å². The molecule has 4 atom stereocenters. The molecule has 1 aromatic carbocycles. The summed E-state index contributed by atoms with van der Waals surface area (Å²) in [6.07, 6.45) is 0.806. The van der Waals surface area contributed by atoms with Crippen LogP contribution in [0.15, 0.2) is 24.3 Å². The second-order valence-electron chi connectivity index (χ2n) is 8.70. The van der Waals surface area contributed by atoms with E-state index in [1.165, 1.54) is 0 Å². The average molecular weight is 412 g/mol. The fraction of sp³-hybridized carbons (Fsp3) is 0.545. The molecule has 30 heavy (non-hydrogen) atoms. The lowest BCUT2D eigenvalue weighted by Gasteiger charge is -2.35. The van der Waals surface area contributed by atoms with Crippen LogP contribution in [0.1, 0.15) is 18.5 Å². The average Bonchev–Trinajstić information content (AvgIpc) is 3.34. The maximum atomic E-state index is 10.8. The summed E-state index contributed by atoms with van der Waals surface area (Å²) in [5.41, 5.74) is 0.961. The number of nitrogens with zero attached hydrogens (tertiary/aromatic N) is 4. The molecule has 8 heteroatoms. The molecule has 1 saturated heterocycles. The highest BCUT2D eigenvalue weighted by Gasteiger charge is 2.43. The second kappa shape index (κ2) is 7.50. The van der Waals surface area contributed by atoms with Gasteiger partial charge in [-0.15, -0.1) is 0 Å². The van der Waals surface area contributed by atoms with Gasteiger partial charge in [-0.25, -0.2) is 4.98 Å². The van der Waals surface area contributed by atoms with Gasteiger partial charge in [-0.3, -0.25) is 0 Å². The van der Waals surface area contributed by atoms with Crippen LogP contribution in [-0.4, -0.2) is 61.3 Å². The molecule has 5 rings (SSSR count). The number of hydrogen-bond donors (Lipinski definition) is 1. The smallest absolute Gasteiger partial charge is 0.231 e. The minimum absolute atomic E-state index is 0.234. The minimum atomic E-state index is -0.493. The van der Waals surface area contributed by atoms with Gasteiger partial charge in [0, 0.05) is 45.0 Å². The van der Waals surface area contributed by atoms with Gasteiger partial charge < -0.3 is 29.1 Å². The minimum Gasteiger partial charge on any atom is -0.488 e. The third-order valence-electron chi connectivity index (χ3n) is 6.29. The molecule has 160 valence electrons. The van der Waals surface area contributed by atoms with Crippen LogP contribution in [0.5, 0.6) is 17.2 Å². The van der Waals surface area contributed by atoms with E-state index in [4.69, 9.17) is 19.2 Å². The van der Waals surface area contributed by atoms with E-state index >= 15 is 0 Å². The van der Waals surface area contributed by atoms with Crippen molar-refractivity contribution in [2.24, 2.45) is 11.8 Å². The summed E-state index contributed by atoms with van der Waals surface area (Å²) in [4.78, 5) is 13.7. The van der Waals surface area contributed by atoms with Gasteiger partial charge in [0.15, 0.2) is 11.5 Å². The summed E-state index contributed by atoms with van der Waals surface area (Å²) in [5.74, 6) is 4.67. The summed E-state index contributed by atoms with van der Waals surface area (Å²) in [6.45, 7) is 3.99. The summed E-state index contributed by atoms with van der Waals surface area (Å²) >= 11 is 0. The second-order valence-corrected chi connectivity index (χ2v) is 8.70. The SMILES string of the molecule is Cc1cc(N(C)C)nc(N2C[C@H]3C[C@@H](Oc4ccc5c(c4)OCO5)[C@H](O)C[C@H]3C2)n1. The van der Waals surface area contributed by atoms with Crippen molar-refractivity contribution in [1.82, 2.24) is 9.97 Å². The molecule has 0 unspecified atom stereocenters. The zero-order valence-corrected chi connectivity index (χ0v) is 17.6. The molecule has 0 amide bonds. The van der Waals surface area contributed by atoms with E-state index in [1.54, 1.807) is 0 Å². The molecule has 0 radical (unpaired) electrons. The van der Waals surface area contributed by atoms with Gasteiger partial charge in [0.05, 0.1) is 6.10 Å². The van der Waals surface area contributed by atoms with Gasteiger partial charge in [0.1, 0.15) is 17.7 Å². The molecule has 1 aliphatic carbocycles. The first-order chi connectivity index (χ1) is 14.5. The van der Waals surface area contributed by atoms with Crippen LogP contribution in [0.3, 0.4) is 0 Å². The number of fused-ring (bicyclic) bond motifs is 2. The number of anilines is 2. The van der Waals surface area contributed by atoms with E-state index in [-0.39, 0.29) is 12.9 Å². The predicted molar refractivity (Wildman–Crippen MR) is 113 cm³/mol. The standard InChI is InChI=1S/C22H28N4O4/c1-13-6-21(25(2)3)24-22(23-13)26-10-14-7-17(27)19(8-15(14)11-26)30-16-4-5-18-20(9-16)29-12-28-18/h4-6,9,14-15,17,19,27H,7-8,10-12H2,1-3H3/t14-,15+,17+,19+/m0/s1. The van der Waals surface area contributed by atoms with Crippen molar-refractivity contribution in [3.05, 3.63) is 30.0 Å². The monoisotopic (exact) mass is 412 g/mol. The van der Waals surface area contributed by atoms with Crippen LogP contribution in [0.4, 0.5) is 11.8 Å². The molecule has 2 fully saturated rings. The van der Waals surface area contributed by atoms with Crippen LogP contribution in [-0.2, 0) is 0 Å². The molecule has 1 saturated carbocycles. The van der Waals surface area contributed by atoms with E-state index in [2.05, 4.69) is 9.88 Å². The lowest BCUT2D eigenvalue weighted by atomic mass is 9.78. The van der Waals surface area contributed by atoms with Crippen molar-refractivity contribution in [3.8, 4) is 17.2 Å². The summed E-state index contributed by atoms with van der Waals surface area (Å²) in [6, 6.07) is 7.55. The van der Waals surface area contributed by atoms with Gasteiger partial charge in [0.2, 0.25) is 12.7 Å². The summed E-state index contributed by atoms with van der Waals surface area (Å²) < 4.78 is 17.0. The number of aromatic nitrogens is 2. The number of rotatable bonds is 4. The van der Waals surface area contributed by atoms with Crippen molar-refractivity contribution < 1.29 is 19.3 Å². The number of aliphatic hydroxyl groups is 1. The summed E-state index contributed by atoms with van der Waals surface area (Å²) in [5, 5.41) is 10.8. The zero-order valence-electron chi connectivity index (χ0n) is 17.6. The molecule has 2 aromatic rings. The third kappa shape index (κ3) is 3.60. The molecular weight excluding hydrogens is 384 g/mol. The number of ether oxygens (including phenoxy) is 3. The number of aliphatic hydroxyl groups excluding tert-OH is 1. The van der Waals surface area contributed by atoms with Crippen LogP contribution in [0, 0.1) is 18.8 Å². The van der Waals surface area contributed by atoms with Gasteiger partial charge in [0.25, 0.3) is 0 Å². The highest BCUT2D eigenvalue weighted by atomic mass is 16.7. The first-order valence-electron chi connectivity index (χ1n) is 10.5. The Balaban J connectivity index is 1.28. The Labute approximate surface area is 176 Å². The Hall–Kier alpha value is -2.74. The van der Waals surface area contributed by atoms with Crippen LogP contribution in [0.25, 0.3) is 0 Å². The Morgan fingerprint density at radius 3 is 2.63 bits per heavy atom. The van der Waals surface area contributed by atoms with Crippen LogP contribution in [0.2, 0.25) is 0 Å². The third-order valence-corrected chi connectivity index (χ3v) is 6.29. The molecular formula is C22H28N4O4. The highest BCUT2D eigenvalue weighted by molar-refractivity contribution is 5.47. The molecule has 1 N–H and O–H groups in total. The van der Waals surface area contributed by atoms with Gasteiger partial charge in [-0.2, -0.15) is 4.98 Å². The molecule has 1 aromatic heterocycles. The number of aryl methyl sites for hydroxylation is 1. The predicted octanol–water partition coefficient (Wildman–Crippen LogP) is 2.23. The van der Waals surface area contributed by atoms with Crippen molar-refractivity contribution in [2.45, 2.75) is 32.0 Å². The number of benzene rings is 1. The molecule has 0 bridgehead atoms. The quantitative estimate of drug-likeness (QED) is 0.819. The van der Waals surface area contributed by atoms with E-state index < -0.39 is 6.10 Å². The maximum absolute atomic E-state index is 10.8. The van der Waals surface area contributed by atoms with Crippen molar-refractivity contribution in [1.29, 1.82) is 0 Å². The van der Waals surface area contributed by atoms with E-state index in [0.29, 0.717) is 23.3 Å². The molecule has 0 spiro atoms. The fourth-order valence-corrected chi connectivity index (χ4v) is 4.71. The van der Waals surface area contributed by atoms with Crippen molar-refractivity contribution in [3.63, 3.8) is 0 Å². The largest absolute Gasteiger partial charge is 0.488 e. The first kappa shape index (κ1) is 19.2. The molecule has 3 heterocycles.